The van der Waals surface area contributed by atoms with Gasteiger partial charge in [-0.3, -0.25) is 4.79 Å². The zero-order valence-corrected chi connectivity index (χ0v) is 19.7. The minimum absolute atomic E-state index is 0.0101. The highest BCUT2D eigenvalue weighted by Crippen LogP contribution is 2.26. The summed E-state index contributed by atoms with van der Waals surface area (Å²) >= 11 is 1.64. The topological polar surface area (TPSA) is 45.2 Å². The highest BCUT2D eigenvalue weighted by molar-refractivity contribution is 7.11. The molecule has 0 aliphatic heterocycles. The summed E-state index contributed by atoms with van der Waals surface area (Å²) in [5.74, 6) is -0.0101. The number of amides is 1. The van der Waals surface area contributed by atoms with Crippen LogP contribution in [0.4, 0.5) is 11.4 Å². The second-order valence-electron chi connectivity index (χ2n) is 7.88. The normalized spacial score (nSPS) is 11.0. The average molecular weight is 444 g/mol. The number of carbonyl (C=O) groups excluding carboxylic acids is 1. The zero-order chi connectivity index (χ0) is 22.5. The fraction of sp³-hybridized carbons (Fsp3) is 0.259. The van der Waals surface area contributed by atoms with Gasteiger partial charge in [0.1, 0.15) is 0 Å². The van der Waals surface area contributed by atoms with Crippen LogP contribution in [0.25, 0.3) is 10.8 Å². The lowest BCUT2D eigenvalue weighted by Crippen LogP contribution is -2.21. The minimum atomic E-state index is -0.0101. The van der Waals surface area contributed by atoms with Crippen LogP contribution in [0.2, 0.25) is 0 Å². The predicted molar refractivity (Wildman–Crippen MR) is 136 cm³/mol. The summed E-state index contributed by atoms with van der Waals surface area (Å²) in [4.78, 5) is 20.7. The molecule has 0 unspecified atom stereocenters. The fourth-order valence-corrected chi connectivity index (χ4v) is 5.12. The lowest BCUT2D eigenvalue weighted by Gasteiger charge is -2.21. The van der Waals surface area contributed by atoms with E-state index in [2.05, 4.69) is 78.7 Å². The maximum atomic E-state index is 12.7. The van der Waals surface area contributed by atoms with Crippen LogP contribution in [-0.4, -0.2) is 24.0 Å². The molecule has 0 radical (unpaired) electrons. The van der Waals surface area contributed by atoms with Gasteiger partial charge in [-0.2, -0.15) is 0 Å². The second kappa shape index (κ2) is 9.96. The third kappa shape index (κ3) is 5.00. The molecule has 4 rings (SSSR count). The Morgan fingerprint density at radius 1 is 0.969 bits per heavy atom. The number of hydrogen-bond donors (Lipinski definition) is 1. The minimum Gasteiger partial charge on any atom is -0.372 e. The number of aryl methyl sites for hydroxylation is 1. The summed E-state index contributed by atoms with van der Waals surface area (Å²) in [6.07, 6.45) is 1.12. The van der Waals surface area contributed by atoms with Crippen LogP contribution in [0.3, 0.4) is 0 Å². The lowest BCUT2D eigenvalue weighted by molar-refractivity contribution is -0.115. The summed E-state index contributed by atoms with van der Waals surface area (Å²) in [6, 6.07) is 22.9. The van der Waals surface area contributed by atoms with E-state index in [1.54, 1.807) is 11.3 Å². The van der Waals surface area contributed by atoms with Crippen molar-refractivity contribution in [2.45, 2.75) is 33.6 Å². The molecule has 0 atom stereocenters. The van der Waals surface area contributed by atoms with Crippen LogP contribution in [0, 0.1) is 6.92 Å². The SMILES string of the molecule is CCN(CC)c1ccc(NC(=O)Cc2sc(Cc3cccc4ccccc34)nc2C)cc1. The van der Waals surface area contributed by atoms with E-state index >= 15 is 0 Å². The number of carbonyl (C=O) groups is 1. The van der Waals surface area contributed by atoms with Gasteiger partial charge in [0.2, 0.25) is 5.91 Å². The van der Waals surface area contributed by atoms with E-state index in [0.29, 0.717) is 6.42 Å². The summed E-state index contributed by atoms with van der Waals surface area (Å²) < 4.78 is 0. The summed E-state index contributed by atoms with van der Waals surface area (Å²) in [5, 5.41) is 6.57. The van der Waals surface area contributed by atoms with Gasteiger partial charge in [0.15, 0.2) is 0 Å². The molecule has 0 aliphatic carbocycles. The van der Waals surface area contributed by atoms with Crippen LogP contribution in [0.5, 0.6) is 0 Å². The van der Waals surface area contributed by atoms with Crippen molar-refractivity contribution in [2.24, 2.45) is 0 Å². The zero-order valence-electron chi connectivity index (χ0n) is 18.9. The summed E-state index contributed by atoms with van der Waals surface area (Å²) in [6.45, 7) is 8.21. The number of benzene rings is 3. The van der Waals surface area contributed by atoms with Gasteiger partial charge in [-0.1, -0.05) is 42.5 Å². The van der Waals surface area contributed by atoms with Crippen molar-refractivity contribution in [1.82, 2.24) is 4.98 Å². The molecule has 4 nitrogen and oxygen atoms in total. The Bertz CT molecular complexity index is 1200. The van der Waals surface area contributed by atoms with Crippen molar-refractivity contribution in [3.8, 4) is 0 Å². The molecule has 1 heterocycles. The van der Waals surface area contributed by atoms with E-state index < -0.39 is 0 Å². The Kier molecular flexibility index (Phi) is 6.86. The summed E-state index contributed by atoms with van der Waals surface area (Å²) in [7, 11) is 0. The number of fused-ring (bicyclic) bond motifs is 1. The Labute approximate surface area is 193 Å². The van der Waals surface area contributed by atoms with Crippen LogP contribution < -0.4 is 10.2 Å². The Hall–Kier alpha value is -3.18. The molecule has 0 spiro atoms. The van der Waals surface area contributed by atoms with Gasteiger partial charge in [-0.15, -0.1) is 11.3 Å². The van der Waals surface area contributed by atoms with Crippen LogP contribution >= 0.6 is 11.3 Å². The average Bonchev–Trinajstić information content (AvgIpc) is 3.14. The molecule has 5 heteroatoms. The van der Waals surface area contributed by atoms with Crippen LogP contribution in [0.15, 0.2) is 66.7 Å². The first-order valence-electron chi connectivity index (χ1n) is 11.1. The highest BCUT2D eigenvalue weighted by Gasteiger charge is 2.14. The van der Waals surface area contributed by atoms with Gasteiger partial charge < -0.3 is 10.2 Å². The molecule has 1 aromatic heterocycles. The Morgan fingerprint density at radius 2 is 1.69 bits per heavy atom. The number of thiazole rings is 1. The molecule has 0 saturated carbocycles. The number of hydrogen-bond acceptors (Lipinski definition) is 4. The van der Waals surface area contributed by atoms with E-state index in [9.17, 15) is 4.79 Å². The van der Waals surface area contributed by atoms with E-state index in [1.165, 1.54) is 22.0 Å². The van der Waals surface area contributed by atoms with E-state index in [0.717, 1.165) is 40.8 Å². The number of rotatable bonds is 8. The summed E-state index contributed by atoms with van der Waals surface area (Å²) in [5.41, 5.74) is 4.20. The van der Waals surface area contributed by atoms with Crippen LogP contribution in [-0.2, 0) is 17.6 Å². The van der Waals surface area contributed by atoms with E-state index in [-0.39, 0.29) is 5.91 Å². The quantitative estimate of drug-likeness (QED) is 0.351. The smallest absolute Gasteiger partial charge is 0.229 e. The fourth-order valence-electron chi connectivity index (χ4n) is 4.03. The first-order chi connectivity index (χ1) is 15.6. The van der Waals surface area contributed by atoms with Crippen molar-refractivity contribution < 1.29 is 4.79 Å². The number of nitrogens with zero attached hydrogens (tertiary/aromatic N) is 2. The highest BCUT2D eigenvalue weighted by atomic mass is 32.1. The van der Waals surface area contributed by atoms with Gasteiger partial charge >= 0.3 is 0 Å². The third-order valence-electron chi connectivity index (χ3n) is 5.76. The molecule has 1 N–H and O–H groups in total. The number of nitrogens with one attached hydrogen (secondary N) is 1. The van der Waals surface area contributed by atoms with Crippen molar-refractivity contribution in [2.75, 3.05) is 23.3 Å². The van der Waals surface area contributed by atoms with E-state index in [4.69, 9.17) is 4.98 Å². The number of aromatic nitrogens is 1. The second-order valence-corrected chi connectivity index (χ2v) is 9.04. The molecule has 0 bridgehead atoms. The van der Waals surface area contributed by atoms with Gasteiger partial charge in [-0.05, 0) is 61.4 Å². The van der Waals surface area contributed by atoms with Crippen molar-refractivity contribution in [1.29, 1.82) is 0 Å². The maximum absolute atomic E-state index is 12.7. The molecule has 0 saturated heterocycles. The monoisotopic (exact) mass is 443 g/mol. The lowest BCUT2D eigenvalue weighted by atomic mass is 10.0. The Balaban J connectivity index is 1.42. The largest absolute Gasteiger partial charge is 0.372 e. The van der Waals surface area contributed by atoms with Gasteiger partial charge in [-0.25, -0.2) is 4.98 Å². The van der Waals surface area contributed by atoms with Crippen molar-refractivity contribution >= 4 is 39.4 Å². The van der Waals surface area contributed by atoms with Crippen LogP contribution in [0.1, 0.15) is 35.0 Å². The molecule has 0 fully saturated rings. The molecule has 164 valence electrons. The first-order valence-corrected chi connectivity index (χ1v) is 12.0. The molecule has 1 amide bonds. The predicted octanol–water partition coefficient (Wildman–Crippen LogP) is 6.22. The molecule has 3 aromatic carbocycles. The van der Waals surface area contributed by atoms with Gasteiger partial charge in [0.25, 0.3) is 0 Å². The van der Waals surface area contributed by atoms with Gasteiger partial charge in [0, 0.05) is 35.8 Å². The molecule has 32 heavy (non-hydrogen) atoms. The van der Waals surface area contributed by atoms with E-state index in [1.807, 2.05) is 19.1 Å². The van der Waals surface area contributed by atoms with Gasteiger partial charge in [0.05, 0.1) is 17.1 Å². The maximum Gasteiger partial charge on any atom is 0.229 e. The molecule has 0 aliphatic rings. The Morgan fingerprint density at radius 3 is 2.44 bits per heavy atom. The molecular weight excluding hydrogens is 414 g/mol. The van der Waals surface area contributed by atoms with Crippen molar-refractivity contribution in [3.05, 3.63) is 87.9 Å². The molecular formula is C27H29N3OS. The third-order valence-corrected chi connectivity index (χ3v) is 6.92. The van der Waals surface area contributed by atoms with Crippen molar-refractivity contribution in [3.63, 3.8) is 0 Å². The number of anilines is 2. The standard InChI is InChI=1S/C27H29N3OS/c1-4-30(5-2)23-15-13-22(14-16-23)29-26(31)18-25-19(3)28-27(32-25)17-21-11-8-10-20-9-6-7-12-24(20)21/h6-16H,4-5,17-18H2,1-3H3,(H,29,31). The first kappa shape index (κ1) is 22.0. The molecule has 4 aromatic rings.